The lowest BCUT2D eigenvalue weighted by atomic mass is 10.2. The Labute approximate surface area is 170 Å². The first-order chi connectivity index (χ1) is 13.1. The minimum absolute atomic E-state index is 0.173. The topological polar surface area (TPSA) is 72.7 Å². The highest BCUT2D eigenvalue weighted by Crippen LogP contribution is 2.28. The summed E-state index contributed by atoms with van der Waals surface area (Å²) in [5.74, 6) is 1.27. The molecule has 9 heteroatoms. The predicted molar refractivity (Wildman–Crippen MR) is 112 cm³/mol. The van der Waals surface area contributed by atoms with Crippen molar-refractivity contribution >= 4 is 46.4 Å². The monoisotopic (exact) mass is 419 g/mol. The highest BCUT2D eigenvalue weighted by atomic mass is 35.5. The maximum atomic E-state index is 12.2. The number of carbonyl (C=O) groups is 1. The summed E-state index contributed by atoms with van der Waals surface area (Å²) >= 11 is 8.83. The number of thioether (sulfide) groups is 1. The summed E-state index contributed by atoms with van der Waals surface area (Å²) < 4.78 is 1.97. The maximum Gasteiger partial charge on any atom is 0.236 e. The highest BCUT2D eigenvalue weighted by molar-refractivity contribution is 7.99. The SMILES string of the molecule is C=CCn1c(SCC(=O)Nc2ccc(Cl)cn2)nnc1-c1csc(CC)c1. The lowest BCUT2D eigenvalue weighted by molar-refractivity contribution is -0.113. The van der Waals surface area contributed by atoms with Crippen LogP contribution in [-0.2, 0) is 17.8 Å². The van der Waals surface area contributed by atoms with E-state index in [0.717, 1.165) is 17.8 Å². The van der Waals surface area contributed by atoms with Gasteiger partial charge in [0.1, 0.15) is 5.82 Å². The van der Waals surface area contributed by atoms with Crippen molar-refractivity contribution in [2.75, 3.05) is 11.1 Å². The number of nitrogens with one attached hydrogen (secondary N) is 1. The fourth-order valence-corrected chi connectivity index (χ4v) is 4.02. The van der Waals surface area contributed by atoms with Gasteiger partial charge in [-0.25, -0.2) is 4.98 Å². The first-order valence-electron chi connectivity index (χ1n) is 8.26. The minimum atomic E-state index is -0.173. The van der Waals surface area contributed by atoms with Crippen LogP contribution in [0.4, 0.5) is 5.82 Å². The molecule has 1 amide bonds. The minimum Gasteiger partial charge on any atom is -0.310 e. The number of rotatable bonds is 8. The third-order valence-electron chi connectivity index (χ3n) is 3.62. The number of amides is 1. The number of allylic oxidation sites excluding steroid dienone is 1. The van der Waals surface area contributed by atoms with Crippen molar-refractivity contribution in [3.63, 3.8) is 0 Å². The van der Waals surface area contributed by atoms with Gasteiger partial charge in [0.2, 0.25) is 5.91 Å². The standard InChI is InChI=1S/C18H18ClN5OS2/c1-3-7-24-17(12-8-14(4-2)26-10-12)22-23-18(24)27-11-16(25)21-15-6-5-13(19)9-20-15/h3,5-6,8-10H,1,4,7,11H2,2H3,(H,20,21,25). The smallest absolute Gasteiger partial charge is 0.236 e. The lowest BCUT2D eigenvalue weighted by Gasteiger charge is -2.07. The second-order valence-electron chi connectivity index (χ2n) is 5.56. The molecule has 3 rings (SSSR count). The van der Waals surface area contributed by atoms with Crippen LogP contribution in [0.15, 0.2) is 47.6 Å². The van der Waals surface area contributed by atoms with Crippen LogP contribution in [0.2, 0.25) is 5.02 Å². The first-order valence-corrected chi connectivity index (χ1v) is 10.5. The number of hydrogen-bond donors (Lipinski definition) is 1. The molecule has 0 aliphatic heterocycles. The molecular formula is C18H18ClN5OS2. The molecule has 0 fully saturated rings. The third kappa shape index (κ3) is 4.97. The second-order valence-corrected chi connectivity index (χ2v) is 7.93. The van der Waals surface area contributed by atoms with Crippen LogP contribution in [-0.4, -0.2) is 31.4 Å². The van der Waals surface area contributed by atoms with Gasteiger partial charge in [-0.3, -0.25) is 9.36 Å². The first kappa shape index (κ1) is 19.6. The van der Waals surface area contributed by atoms with E-state index in [1.54, 1.807) is 29.5 Å². The number of thiophene rings is 1. The number of halogens is 1. The second kappa shape index (κ2) is 9.16. The van der Waals surface area contributed by atoms with Crippen molar-refractivity contribution in [3.05, 3.63) is 52.3 Å². The van der Waals surface area contributed by atoms with Crippen LogP contribution < -0.4 is 5.32 Å². The van der Waals surface area contributed by atoms with Gasteiger partial charge in [0.15, 0.2) is 11.0 Å². The third-order valence-corrected chi connectivity index (χ3v) is 5.89. The number of pyridine rings is 1. The van der Waals surface area contributed by atoms with Gasteiger partial charge in [-0.2, -0.15) is 0 Å². The number of hydrogen-bond acceptors (Lipinski definition) is 6. The molecule has 0 atom stereocenters. The van der Waals surface area contributed by atoms with Crippen LogP contribution in [0.25, 0.3) is 11.4 Å². The fourth-order valence-electron chi connectivity index (χ4n) is 2.34. The molecule has 3 aromatic heterocycles. The fraction of sp³-hybridized carbons (Fsp3) is 0.222. The summed E-state index contributed by atoms with van der Waals surface area (Å²) in [7, 11) is 0. The quantitative estimate of drug-likeness (QED) is 0.428. The molecule has 0 radical (unpaired) electrons. The molecule has 140 valence electrons. The van der Waals surface area contributed by atoms with E-state index in [-0.39, 0.29) is 11.7 Å². The number of carbonyl (C=O) groups excluding carboxylic acids is 1. The van der Waals surface area contributed by atoms with Crippen LogP contribution in [0.5, 0.6) is 0 Å². The summed E-state index contributed by atoms with van der Waals surface area (Å²) in [6.45, 7) is 6.51. The van der Waals surface area contributed by atoms with Gasteiger partial charge in [0.25, 0.3) is 0 Å². The van der Waals surface area contributed by atoms with Crippen molar-refractivity contribution in [1.82, 2.24) is 19.7 Å². The predicted octanol–water partition coefficient (Wildman–Crippen LogP) is 4.53. The van der Waals surface area contributed by atoms with Crippen LogP contribution in [0.1, 0.15) is 11.8 Å². The average Bonchev–Trinajstić information content (AvgIpc) is 3.29. The van der Waals surface area contributed by atoms with Crippen molar-refractivity contribution in [3.8, 4) is 11.4 Å². The summed E-state index contributed by atoms with van der Waals surface area (Å²) in [4.78, 5) is 17.5. The molecule has 0 saturated heterocycles. The zero-order chi connectivity index (χ0) is 19.2. The number of nitrogens with zero attached hydrogens (tertiary/aromatic N) is 4. The van der Waals surface area contributed by atoms with E-state index >= 15 is 0 Å². The van der Waals surface area contributed by atoms with Gasteiger partial charge in [-0.05, 0) is 24.6 Å². The van der Waals surface area contributed by atoms with Crippen LogP contribution >= 0.6 is 34.7 Å². The lowest BCUT2D eigenvalue weighted by Crippen LogP contribution is -2.15. The number of aryl methyl sites for hydroxylation is 1. The average molecular weight is 420 g/mol. The Morgan fingerprint density at radius 1 is 1.44 bits per heavy atom. The molecular weight excluding hydrogens is 402 g/mol. The normalized spacial score (nSPS) is 10.7. The Morgan fingerprint density at radius 3 is 2.96 bits per heavy atom. The van der Waals surface area contributed by atoms with Crippen molar-refractivity contribution in [2.24, 2.45) is 0 Å². The molecule has 0 saturated carbocycles. The molecule has 3 heterocycles. The molecule has 0 bridgehead atoms. The zero-order valence-electron chi connectivity index (χ0n) is 14.7. The maximum absolute atomic E-state index is 12.2. The number of aromatic nitrogens is 4. The summed E-state index contributed by atoms with van der Waals surface area (Å²) in [5.41, 5.74) is 1.04. The van der Waals surface area contributed by atoms with Gasteiger partial charge >= 0.3 is 0 Å². The summed E-state index contributed by atoms with van der Waals surface area (Å²) in [6, 6.07) is 5.46. The molecule has 0 aliphatic rings. The Balaban J connectivity index is 1.69. The van der Waals surface area contributed by atoms with E-state index in [4.69, 9.17) is 11.6 Å². The Kier molecular flexibility index (Phi) is 6.65. The van der Waals surface area contributed by atoms with Crippen molar-refractivity contribution < 1.29 is 4.79 Å². The summed E-state index contributed by atoms with van der Waals surface area (Å²) in [5, 5.41) is 14.6. The molecule has 0 aliphatic carbocycles. The Morgan fingerprint density at radius 2 is 2.30 bits per heavy atom. The molecule has 27 heavy (non-hydrogen) atoms. The Hall–Kier alpha value is -2.16. The van der Waals surface area contributed by atoms with Crippen LogP contribution in [0, 0.1) is 0 Å². The summed E-state index contributed by atoms with van der Waals surface area (Å²) in [6.07, 6.45) is 4.27. The molecule has 0 spiro atoms. The molecule has 6 nitrogen and oxygen atoms in total. The van der Waals surface area contributed by atoms with Gasteiger partial charge < -0.3 is 5.32 Å². The molecule has 3 aromatic rings. The molecule has 1 N–H and O–H groups in total. The van der Waals surface area contributed by atoms with E-state index in [1.807, 2.05) is 4.57 Å². The van der Waals surface area contributed by atoms with Crippen molar-refractivity contribution in [2.45, 2.75) is 25.0 Å². The van der Waals surface area contributed by atoms with E-state index in [0.29, 0.717) is 22.5 Å². The molecule has 0 unspecified atom stereocenters. The van der Waals surface area contributed by atoms with E-state index in [1.165, 1.54) is 22.8 Å². The van der Waals surface area contributed by atoms with E-state index in [2.05, 4.69) is 45.4 Å². The number of anilines is 1. The van der Waals surface area contributed by atoms with Gasteiger partial charge in [-0.15, -0.1) is 28.1 Å². The largest absolute Gasteiger partial charge is 0.310 e. The highest BCUT2D eigenvalue weighted by Gasteiger charge is 2.16. The van der Waals surface area contributed by atoms with Crippen molar-refractivity contribution in [1.29, 1.82) is 0 Å². The van der Waals surface area contributed by atoms with Gasteiger partial charge in [0.05, 0.1) is 10.8 Å². The van der Waals surface area contributed by atoms with Gasteiger partial charge in [-0.1, -0.05) is 36.4 Å². The van der Waals surface area contributed by atoms with E-state index in [9.17, 15) is 4.79 Å². The van der Waals surface area contributed by atoms with Gasteiger partial charge in [0, 0.05) is 28.6 Å². The van der Waals surface area contributed by atoms with E-state index < -0.39 is 0 Å². The Bertz CT molecular complexity index is 936. The molecule has 0 aromatic carbocycles. The van der Waals surface area contributed by atoms with Crippen LogP contribution in [0.3, 0.4) is 0 Å². The zero-order valence-corrected chi connectivity index (χ0v) is 17.1.